The van der Waals surface area contributed by atoms with Crippen LogP contribution in [0.4, 0.5) is 5.69 Å². The van der Waals surface area contributed by atoms with Crippen LogP contribution in [0.2, 0.25) is 0 Å². The number of anilines is 1. The molecule has 0 spiro atoms. The molecule has 0 radical (unpaired) electrons. The largest absolute Gasteiger partial charge is 0.284 e. The third-order valence-electron chi connectivity index (χ3n) is 3.62. The Morgan fingerprint density at radius 3 is 2.23 bits per heavy atom. The summed E-state index contributed by atoms with van der Waals surface area (Å²) in [5, 5.41) is 1.12. The van der Waals surface area contributed by atoms with Gasteiger partial charge >= 0.3 is 0 Å². The molecule has 0 aliphatic heterocycles. The Hall–Kier alpha value is -1.34. The smallest absolute Gasteiger partial charge is 0.232 e. The van der Waals surface area contributed by atoms with Crippen LogP contribution in [0.1, 0.15) is 31.2 Å². The fourth-order valence-corrected chi connectivity index (χ4v) is 4.51. The minimum Gasteiger partial charge on any atom is -0.284 e. The lowest BCUT2D eigenvalue weighted by Gasteiger charge is -2.12. The second kappa shape index (κ2) is 6.83. The summed E-state index contributed by atoms with van der Waals surface area (Å²) in [5.41, 5.74) is 1.19. The van der Waals surface area contributed by atoms with Gasteiger partial charge in [-0.2, -0.15) is 0 Å². The molecule has 5 nitrogen and oxygen atoms in total. The molecule has 1 fully saturated rings. The SMILES string of the molecule is CS(=O)(=O)/C=C/c1ccc(NS(=O)(=O)CC2CCCC2)cc1. The summed E-state index contributed by atoms with van der Waals surface area (Å²) in [6, 6.07) is 6.62. The number of hydrogen-bond acceptors (Lipinski definition) is 4. The number of benzene rings is 1. The third-order valence-corrected chi connectivity index (χ3v) is 5.71. The van der Waals surface area contributed by atoms with E-state index in [4.69, 9.17) is 0 Å². The van der Waals surface area contributed by atoms with Crippen molar-refractivity contribution in [2.24, 2.45) is 5.92 Å². The molecule has 0 aromatic heterocycles. The monoisotopic (exact) mass is 343 g/mol. The van der Waals surface area contributed by atoms with Crippen molar-refractivity contribution in [3.63, 3.8) is 0 Å². The number of sulfone groups is 1. The maximum Gasteiger partial charge on any atom is 0.232 e. The second-order valence-corrected chi connectivity index (χ2v) is 9.49. The van der Waals surface area contributed by atoms with Crippen LogP contribution in [0.5, 0.6) is 0 Å². The standard InChI is InChI=1S/C15H21NO4S2/c1-21(17,18)11-10-13-6-8-15(9-7-13)16-22(19,20)12-14-4-2-3-5-14/h6-11,14,16H,2-5,12H2,1H3/b11-10+. The first kappa shape index (κ1) is 17.0. The zero-order chi connectivity index (χ0) is 16.2. The van der Waals surface area contributed by atoms with Gasteiger partial charge in [-0.1, -0.05) is 25.0 Å². The molecule has 0 unspecified atom stereocenters. The average molecular weight is 343 g/mol. The first-order valence-electron chi connectivity index (χ1n) is 7.22. The summed E-state index contributed by atoms with van der Waals surface area (Å²) >= 11 is 0. The lowest BCUT2D eigenvalue weighted by atomic mass is 10.1. The highest BCUT2D eigenvalue weighted by Gasteiger charge is 2.22. The zero-order valence-corrected chi connectivity index (χ0v) is 14.2. The van der Waals surface area contributed by atoms with E-state index >= 15 is 0 Å². The lowest BCUT2D eigenvalue weighted by Crippen LogP contribution is -2.21. The highest BCUT2D eigenvalue weighted by Crippen LogP contribution is 2.26. The van der Waals surface area contributed by atoms with E-state index in [0.717, 1.165) is 37.3 Å². The summed E-state index contributed by atoms with van der Waals surface area (Å²) in [4.78, 5) is 0. The van der Waals surface area contributed by atoms with Crippen LogP contribution in [0.3, 0.4) is 0 Å². The van der Waals surface area contributed by atoms with Crippen LogP contribution in [0.25, 0.3) is 6.08 Å². The van der Waals surface area contributed by atoms with Gasteiger partial charge < -0.3 is 0 Å². The van der Waals surface area contributed by atoms with Crippen molar-refractivity contribution in [1.29, 1.82) is 0 Å². The normalized spacial score (nSPS) is 17.1. The van der Waals surface area contributed by atoms with E-state index in [-0.39, 0.29) is 11.7 Å². The number of nitrogens with one attached hydrogen (secondary N) is 1. The van der Waals surface area contributed by atoms with Crippen molar-refractivity contribution in [3.05, 3.63) is 35.2 Å². The van der Waals surface area contributed by atoms with Crippen LogP contribution >= 0.6 is 0 Å². The highest BCUT2D eigenvalue weighted by molar-refractivity contribution is 7.93. The Bertz CT molecular complexity index is 728. The van der Waals surface area contributed by atoms with E-state index in [1.807, 2.05) is 0 Å². The topological polar surface area (TPSA) is 80.3 Å². The van der Waals surface area contributed by atoms with Gasteiger partial charge in [-0.15, -0.1) is 0 Å². The summed E-state index contributed by atoms with van der Waals surface area (Å²) in [6.07, 6.45) is 6.79. The van der Waals surface area contributed by atoms with Crippen LogP contribution in [0, 0.1) is 5.92 Å². The highest BCUT2D eigenvalue weighted by atomic mass is 32.2. The molecule has 1 N–H and O–H groups in total. The van der Waals surface area contributed by atoms with Gasteiger partial charge in [0.2, 0.25) is 10.0 Å². The maximum atomic E-state index is 12.1. The Balaban J connectivity index is 1.99. The van der Waals surface area contributed by atoms with Crippen LogP contribution in [-0.2, 0) is 19.9 Å². The first-order chi connectivity index (χ1) is 10.2. The number of sulfonamides is 1. The Labute approximate surface area is 132 Å². The Morgan fingerprint density at radius 1 is 1.09 bits per heavy atom. The Morgan fingerprint density at radius 2 is 1.68 bits per heavy atom. The molecule has 0 bridgehead atoms. The summed E-state index contributed by atoms with van der Waals surface area (Å²) in [5.74, 6) is 0.428. The van der Waals surface area contributed by atoms with Crippen molar-refractivity contribution >= 4 is 31.6 Å². The van der Waals surface area contributed by atoms with Gasteiger partial charge in [-0.25, -0.2) is 16.8 Å². The summed E-state index contributed by atoms with van der Waals surface area (Å²) in [6.45, 7) is 0. The molecule has 1 aliphatic rings. The molecule has 0 heterocycles. The van der Waals surface area contributed by atoms with E-state index in [1.165, 1.54) is 6.08 Å². The molecule has 1 aromatic rings. The van der Waals surface area contributed by atoms with Gasteiger partial charge in [-0.05, 0) is 42.5 Å². The quantitative estimate of drug-likeness (QED) is 0.861. The predicted octanol–water partition coefficient (Wildman–Crippen LogP) is 2.63. The van der Waals surface area contributed by atoms with Crippen molar-refractivity contribution in [1.82, 2.24) is 0 Å². The zero-order valence-electron chi connectivity index (χ0n) is 12.5. The van der Waals surface area contributed by atoms with E-state index < -0.39 is 19.9 Å². The molecule has 22 heavy (non-hydrogen) atoms. The van der Waals surface area contributed by atoms with Gasteiger partial charge in [0, 0.05) is 17.4 Å². The fraction of sp³-hybridized carbons (Fsp3) is 0.467. The molecular weight excluding hydrogens is 322 g/mol. The molecule has 1 saturated carbocycles. The van der Waals surface area contributed by atoms with E-state index in [0.29, 0.717) is 11.3 Å². The molecule has 0 amide bonds. The molecule has 0 atom stereocenters. The Kier molecular flexibility index (Phi) is 5.28. The van der Waals surface area contributed by atoms with Crippen molar-refractivity contribution in [3.8, 4) is 0 Å². The summed E-state index contributed by atoms with van der Waals surface area (Å²) < 4.78 is 48.9. The molecule has 1 aliphatic carbocycles. The second-order valence-electron chi connectivity index (χ2n) is 5.79. The minimum atomic E-state index is -3.33. The summed E-state index contributed by atoms with van der Waals surface area (Å²) in [7, 11) is -6.50. The van der Waals surface area contributed by atoms with Gasteiger partial charge in [0.05, 0.1) is 5.75 Å². The van der Waals surface area contributed by atoms with Gasteiger partial charge in [-0.3, -0.25) is 4.72 Å². The van der Waals surface area contributed by atoms with Crippen LogP contribution < -0.4 is 4.72 Å². The molecule has 0 saturated heterocycles. The first-order valence-corrected chi connectivity index (χ1v) is 10.8. The number of rotatable bonds is 6. The van der Waals surface area contributed by atoms with E-state index in [9.17, 15) is 16.8 Å². The lowest BCUT2D eigenvalue weighted by molar-refractivity contribution is 0.563. The van der Waals surface area contributed by atoms with Gasteiger partial charge in [0.25, 0.3) is 0 Å². The van der Waals surface area contributed by atoms with Crippen molar-refractivity contribution in [2.75, 3.05) is 16.7 Å². The van der Waals surface area contributed by atoms with E-state index in [1.54, 1.807) is 24.3 Å². The molecule has 7 heteroatoms. The fourth-order valence-electron chi connectivity index (χ4n) is 2.57. The molecule has 2 rings (SSSR count). The predicted molar refractivity (Wildman–Crippen MR) is 89.7 cm³/mol. The van der Waals surface area contributed by atoms with Gasteiger partial charge in [0.1, 0.15) is 0 Å². The third kappa shape index (κ3) is 5.81. The van der Waals surface area contributed by atoms with Crippen molar-refractivity contribution in [2.45, 2.75) is 25.7 Å². The maximum absolute atomic E-state index is 12.1. The van der Waals surface area contributed by atoms with Crippen molar-refractivity contribution < 1.29 is 16.8 Å². The van der Waals surface area contributed by atoms with E-state index in [2.05, 4.69) is 4.72 Å². The molecular formula is C15H21NO4S2. The molecule has 122 valence electrons. The average Bonchev–Trinajstić information content (AvgIpc) is 2.88. The number of hydrogen-bond donors (Lipinski definition) is 1. The van der Waals surface area contributed by atoms with Gasteiger partial charge in [0.15, 0.2) is 9.84 Å². The molecule has 1 aromatic carbocycles. The van der Waals surface area contributed by atoms with Crippen LogP contribution in [-0.4, -0.2) is 28.8 Å². The minimum absolute atomic E-state index is 0.169. The van der Waals surface area contributed by atoms with Crippen LogP contribution in [0.15, 0.2) is 29.7 Å².